The van der Waals surface area contributed by atoms with Gasteiger partial charge in [-0.15, -0.1) is 0 Å². The Morgan fingerprint density at radius 1 is 0.415 bits per heavy atom. The molecule has 9 aromatic rings. The third kappa shape index (κ3) is 3.76. The van der Waals surface area contributed by atoms with Gasteiger partial charge in [-0.1, -0.05) is 159 Å². The van der Waals surface area contributed by atoms with Gasteiger partial charge in [0.2, 0.25) is 0 Å². The monoisotopic (exact) mass is 673 g/mol. The molecule has 0 bridgehead atoms. The van der Waals surface area contributed by atoms with Gasteiger partial charge in [0.05, 0.1) is 16.4 Å². The number of hydrogen-bond donors (Lipinski definition) is 0. The Morgan fingerprint density at radius 2 is 0.868 bits per heavy atom. The predicted molar refractivity (Wildman–Crippen MR) is 219 cm³/mol. The van der Waals surface area contributed by atoms with Gasteiger partial charge in [-0.2, -0.15) is 0 Å². The Morgan fingerprint density at radius 3 is 1.47 bits per heavy atom. The van der Waals surface area contributed by atoms with Crippen LogP contribution >= 0.6 is 0 Å². The summed E-state index contributed by atoms with van der Waals surface area (Å²) in [5, 5.41) is 2.60. The van der Waals surface area contributed by atoms with Gasteiger partial charge < -0.3 is 4.57 Å². The molecule has 0 saturated heterocycles. The van der Waals surface area contributed by atoms with E-state index in [9.17, 15) is 0 Å². The fourth-order valence-corrected chi connectivity index (χ4v) is 10.5. The molecule has 0 N–H and O–H groups in total. The van der Waals surface area contributed by atoms with Gasteiger partial charge in [0.15, 0.2) is 0 Å². The molecule has 0 fully saturated rings. The van der Waals surface area contributed by atoms with Crippen molar-refractivity contribution >= 4 is 21.8 Å². The van der Waals surface area contributed by atoms with E-state index in [1.165, 1.54) is 105 Å². The lowest BCUT2D eigenvalue weighted by Gasteiger charge is -2.30. The van der Waals surface area contributed by atoms with Gasteiger partial charge in [0.1, 0.15) is 0 Å². The molecule has 0 amide bonds. The van der Waals surface area contributed by atoms with Crippen LogP contribution in [0.4, 0.5) is 0 Å². The second-order valence-electron chi connectivity index (χ2n) is 15.2. The fraction of sp³-hybridized carbons (Fsp3) is 0.0769. The second-order valence-corrected chi connectivity index (χ2v) is 15.2. The van der Waals surface area contributed by atoms with Crippen LogP contribution in [0.25, 0.3) is 60.9 Å². The van der Waals surface area contributed by atoms with Crippen molar-refractivity contribution in [3.63, 3.8) is 0 Å². The zero-order valence-corrected chi connectivity index (χ0v) is 29.5. The molecule has 8 aromatic carbocycles. The zero-order chi connectivity index (χ0) is 34.8. The van der Waals surface area contributed by atoms with Crippen LogP contribution in [-0.4, -0.2) is 4.57 Å². The van der Waals surface area contributed by atoms with Crippen molar-refractivity contribution < 1.29 is 0 Å². The summed E-state index contributed by atoms with van der Waals surface area (Å²) in [6.45, 7) is 2.38. The van der Waals surface area contributed by atoms with E-state index in [1.54, 1.807) is 0 Å². The largest absolute Gasteiger partial charge is 0.309 e. The third-order valence-corrected chi connectivity index (χ3v) is 12.7. The van der Waals surface area contributed by atoms with Crippen molar-refractivity contribution in [3.8, 4) is 39.1 Å². The standard InChI is InChI=1S/C52H35N/c1-32-44-29-33(22-25-36(44)37-27-24-35(31-45(32)37)53-50-20-10-5-15-42(50)43-16-6-11-21-51(43)53)28-34-23-26-41-40-14-4-9-19-48(40)52(49(41)30-34)46-17-7-2-12-38(46)39-13-3-8-18-47(39)52/h2-27,29-32H,28H2,1H3. The minimum atomic E-state index is -0.308. The van der Waals surface area contributed by atoms with Crippen LogP contribution in [0.3, 0.4) is 0 Å². The van der Waals surface area contributed by atoms with Gasteiger partial charge >= 0.3 is 0 Å². The number of benzene rings is 8. The van der Waals surface area contributed by atoms with Crippen molar-refractivity contribution in [3.05, 3.63) is 220 Å². The third-order valence-electron chi connectivity index (χ3n) is 12.7. The summed E-state index contributed by atoms with van der Waals surface area (Å²) in [7, 11) is 0. The summed E-state index contributed by atoms with van der Waals surface area (Å²) >= 11 is 0. The van der Waals surface area contributed by atoms with E-state index < -0.39 is 0 Å². The summed E-state index contributed by atoms with van der Waals surface area (Å²) in [5.41, 5.74) is 22.7. The highest BCUT2D eigenvalue weighted by atomic mass is 15.0. The lowest BCUT2D eigenvalue weighted by atomic mass is 9.70. The molecule has 1 nitrogen and oxygen atoms in total. The molecule has 0 saturated carbocycles. The van der Waals surface area contributed by atoms with Crippen molar-refractivity contribution in [2.75, 3.05) is 0 Å². The molecule has 3 aliphatic carbocycles. The number of para-hydroxylation sites is 2. The van der Waals surface area contributed by atoms with E-state index in [-0.39, 0.29) is 5.41 Å². The molecule has 1 heterocycles. The Kier molecular flexibility index (Phi) is 5.81. The molecule has 1 atom stereocenters. The predicted octanol–water partition coefficient (Wildman–Crippen LogP) is 12.9. The van der Waals surface area contributed by atoms with Crippen LogP contribution < -0.4 is 0 Å². The van der Waals surface area contributed by atoms with Crippen LogP contribution in [-0.2, 0) is 11.8 Å². The molecule has 1 unspecified atom stereocenters. The lowest BCUT2D eigenvalue weighted by molar-refractivity contribution is 0.792. The molecule has 1 spiro atoms. The van der Waals surface area contributed by atoms with E-state index in [0.717, 1.165) is 6.42 Å². The quantitative estimate of drug-likeness (QED) is 0.176. The smallest absolute Gasteiger partial charge is 0.0725 e. The van der Waals surface area contributed by atoms with E-state index in [1.807, 2.05) is 0 Å². The molecule has 3 aliphatic rings. The summed E-state index contributed by atoms with van der Waals surface area (Å²) in [6, 6.07) is 66.4. The van der Waals surface area contributed by atoms with Gasteiger partial charge in [-0.05, 0) is 109 Å². The second kappa shape index (κ2) is 10.6. The maximum Gasteiger partial charge on any atom is 0.0725 e. The van der Waals surface area contributed by atoms with E-state index >= 15 is 0 Å². The summed E-state index contributed by atoms with van der Waals surface area (Å²) in [6.07, 6.45) is 0.895. The van der Waals surface area contributed by atoms with Crippen LogP contribution in [0.5, 0.6) is 0 Å². The highest BCUT2D eigenvalue weighted by Crippen LogP contribution is 2.62. The first-order valence-electron chi connectivity index (χ1n) is 18.9. The Balaban J connectivity index is 0.941. The van der Waals surface area contributed by atoms with Gasteiger partial charge in [-0.3, -0.25) is 0 Å². The minimum absolute atomic E-state index is 0.308. The number of aromatic nitrogens is 1. The first-order valence-corrected chi connectivity index (χ1v) is 18.9. The van der Waals surface area contributed by atoms with Gasteiger partial charge in [0.25, 0.3) is 0 Å². The Hall–Kier alpha value is -6.44. The molecule has 12 rings (SSSR count). The van der Waals surface area contributed by atoms with Crippen molar-refractivity contribution in [2.24, 2.45) is 0 Å². The average molecular weight is 674 g/mol. The highest BCUT2D eigenvalue weighted by molar-refractivity contribution is 6.09. The van der Waals surface area contributed by atoms with Crippen molar-refractivity contribution in [1.29, 1.82) is 0 Å². The van der Waals surface area contributed by atoms with Crippen LogP contribution in [0.15, 0.2) is 176 Å². The molecule has 1 aromatic heterocycles. The number of nitrogens with zero attached hydrogens (tertiary/aromatic N) is 1. The van der Waals surface area contributed by atoms with E-state index in [2.05, 4.69) is 187 Å². The van der Waals surface area contributed by atoms with Gasteiger partial charge in [-0.25, -0.2) is 0 Å². The first-order chi connectivity index (χ1) is 26.2. The number of fused-ring (bicyclic) bond motifs is 16. The summed E-state index contributed by atoms with van der Waals surface area (Å²) in [5.74, 6) is 0.317. The molecule has 1 heteroatoms. The van der Waals surface area contributed by atoms with Crippen LogP contribution in [0.2, 0.25) is 0 Å². The fourth-order valence-electron chi connectivity index (χ4n) is 10.5. The molecule has 248 valence electrons. The maximum atomic E-state index is 2.53. The van der Waals surface area contributed by atoms with Crippen molar-refractivity contribution in [2.45, 2.75) is 24.7 Å². The molecule has 53 heavy (non-hydrogen) atoms. The number of hydrogen-bond acceptors (Lipinski definition) is 0. The van der Waals surface area contributed by atoms with Crippen molar-refractivity contribution in [1.82, 2.24) is 4.57 Å². The maximum absolute atomic E-state index is 2.53. The molecule has 0 aliphatic heterocycles. The topological polar surface area (TPSA) is 4.93 Å². The normalized spacial score (nSPS) is 15.3. The molecular formula is C52H35N. The average Bonchev–Trinajstić information content (AvgIpc) is 3.90. The highest BCUT2D eigenvalue weighted by Gasteiger charge is 2.51. The molecule has 0 radical (unpaired) electrons. The zero-order valence-electron chi connectivity index (χ0n) is 29.5. The van der Waals surface area contributed by atoms with Crippen LogP contribution in [0.1, 0.15) is 57.3 Å². The Bertz CT molecular complexity index is 2890. The van der Waals surface area contributed by atoms with E-state index in [4.69, 9.17) is 0 Å². The lowest BCUT2D eigenvalue weighted by Crippen LogP contribution is -2.26. The SMILES string of the molecule is CC1c2cc(Cc3ccc4c(c3)C3(c5ccccc5-c5ccccc53)c3ccccc3-4)ccc2-c2ccc(-n3c4ccccc4c4ccccc43)cc21. The summed E-state index contributed by atoms with van der Waals surface area (Å²) < 4.78 is 2.44. The van der Waals surface area contributed by atoms with E-state index in [0.29, 0.717) is 5.92 Å². The number of rotatable bonds is 3. The van der Waals surface area contributed by atoms with Crippen LogP contribution in [0, 0.1) is 0 Å². The van der Waals surface area contributed by atoms with Gasteiger partial charge in [0, 0.05) is 22.4 Å². The summed E-state index contributed by atoms with van der Waals surface area (Å²) in [4.78, 5) is 0. The molecular weight excluding hydrogens is 639 g/mol. The first kappa shape index (κ1) is 29.2. The Labute approximate surface area is 309 Å². The minimum Gasteiger partial charge on any atom is -0.309 e.